The van der Waals surface area contributed by atoms with E-state index in [1.807, 2.05) is 25.2 Å². The van der Waals surface area contributed by atoms with Gasteiger partial charge in [0.05, 0.1) is 22.3 Å². The van der Waals surface area contributed by atoms with Crippen molar-refractivity contribution < 1.29 is 0 Å². The number of fused-ring (bicyclic) bond motifs is 1. The number of thiophene rings is 1. The quantitative estimate of drug-likeness (QED) is 0.688. The van der Waals surface area contributed by atoms with E-state index >= 15 is 0 Å². The van der Waals surface area contributed by atoms with Gasteiger partial charge in [0, 0.05) is 45.0 Å². The molecule has 1 aromatic carbocycles. The molecule has 0 aliphatic carbocycles. The second-order valence-electron chi connectivity index (χ2n) is 9.00. The Bertz CT molecular complexity index is 862. The predicted molar refractivity (Wildman–Crippen MR) is 132 cm³/mol. The smallest absolute Gasteiger partial charge is 0.0733 e. The Balaban J connectivity index is 0.00000106. The average molecular weight is 425 g/mol. The van der Waals surface area contributed by atoms with Crippen LogP contribution in [0.15, 0.2) is 41.8 Å². The minimum Gasteiger partial charge on any atom is -0.373 e. The van der Waals surface area contributed by atoms with Crippen molar-refractivity contribution in [3.8, 4) is 0 Å². The first-order chi connectivity index (χ1) is 14.6. The SMILES string of the molecule is CC.CC1(C)CCN(C2=CC(c3ccc(N4CCNCC4)cc3)Nc3ccsc32)C1. The monoisotopic (exact) mass is 424 g/mol. The fourth-order valence-corrected chi connectivity index (χ4v) is 5.54. The number of nitrogens with zero attached hydrogens (tertiary/aromatic N) is 2. The van der Waals surface area contributed by atoms with Gasteiger partial charge in [0.1, 0.15) is 0 Å². The number of nitrogens with one attached hydrogen (secondary N) is 2. The molecule has 162 valence electrons. The maximum absolute atomic E-state index is 3.75. The van der Waals surface area contributed by atoms with Gasteiger partial charge in [0.25, 0.3) is 0 Å². The molecule has 4 heterocycles. The first-order valence-electron chi connectivity index (χ1n) is 11.5. The van der Waals surface area contributed by atoms with Crippen molar-refractivity contribution in [1.29, 1.82) is 0 Å². The number of benzene rings is 1. The first-order valence-corrected chi connectivity index (χ1v) is 12.3. The molecule has 2 saturated heterocycles. The van der Waals surface area contributed by atoms with Crippen LogP contribution in [0.5, 0.6) is 0 Å². The number of likely N-dealkylation sites (tertiary alicyclic amines) is 1. The largest absolute Gasteiger partial charge is 0.373 e. The van der Waals surface area contributed by atoms with E-state index in [1.54, 1.807) is 0 Å². The number of piperazine rings is 1. The summed E-state index contributed by atoms with van der Waals surface area (Å²) in [5.41, 5.74) is 5.78. The highest BCUT2D eigenvalue weighted by molar-refractivity contribution is 7.11. The van der Waals surface area contributed by atoms with E-state index in [0.29, 0.717) is 5.41 Å². The van der Waals surface area contributed by atoms with E-state index in [0.717, 1.165) is 39.3 Å². The molecule has 2 N–H and O–H groups in total. The van der Waals surface area contributed by atoms with E-state index in [4.69, 9.17) is 0 Å². The third-order valence-corrected chi connectivity index (χ3v) is 7.22. The molecule has 5 heteroatoms. The number of hydrogen-bond acceptors (Lipinski definition) is 5. The van der Waals surface area contributed by atoms with Crippen LogP contribution in [0.4, 0.5) is 11.4 Å². The minimum absolute atomic E-state index is 0.234. The zero-order valence-corrected chi connectivity index (χ0v) is 19.7. The van der Waals surface area contributed by atoms with Crippen molar-refractivity contribution in [2.24, 2.45) is 5.41 Å². The Morgan fingerprint density at radius 2 is 1.70 bits per heavy atom. The molecule has 3 aliphatic rings. The van der Waals surface area contributed by atoms with E-state index in [-0.39, 0.29) is 6.04 Å². The van der Waals surface area contributed by atoms with Gasteiger partial charge in [-0.25, -0.2) is 0 Å². The van der Waals surface area contributed by atoms with Crippen molar-refractivity contribution in [2.45, 2.75) is 40.2 Å². The first kappa shape index (κ1) is 21.3. The van der Waals surface area contributed by atoms with Crippen LogP contribution in [-0.4, -0.2) is 44.2 Å². The van der Waals surface area contributed by atoms with Gasteiger partial charge in [-0.1, -0.05) is 39.8 Å². The molecule has 3 aliphatic heterocycles. The summed E-state index contributed by atoms with van der Waals surface area (Å²) in [6.07, 6.45) is 3.71. The summed E-state index contributed by atoms with van der Waals surface area (Å²) in [5.74, 6) is 0. The standard InChI is InChI=1S/C23H30N4S.C2H6/c1-23(2)8-11-27(16-23)21-15-20(25-19-7-14-28-22(19)21)17-3-5-18(6-4-17)26-12-9-24-10-13-26;1-2/h3-7,14-15,20,24-25H,8-13,16H2,1-2H3;1-2H3. The number of hydrogen-bond donors (Lipinski definition) is 2. The van der Waals surface area contributed by atoms with Gasteiger partial charge in [-0.15, -0.1) is 11.3 Å². The molecule has 2 aromatic rings. The summed E-state index contributed by atoms with van der Waals surface area (Å²) < 4.78 is 0. The Kier molecular flexibility index (Phi) is 6.40. The summed E-state index contributed by atoms with van der Waals surface area (Å²) in [6, 6.07) is 11.6. The Morgan fingerprint density at radius 1 is 0.967 bits per heavy atom. The van der Waals surface area contributed by atoms with Crippen LogP contribution in [-0.2, 0) is 0 Å². The van der Waals surface area contributed by atoms with Crippen molar-refractivity contribution >= 4 is 28.4 Å². The number of rotatable bonds is 3. The highest BCUT2D eigenvalue weighted by atomic mass is 32.1. The van der Waals surface area contributed by atoms with E-state index < -0.39 is 0 Å². The van der Waals surface area contributed by atoms with Crippen molar-refractivity contribution in [1.82, 2.24) is 10.2 Å². The lowest BCUT2D eigenvalue weighted by molar-refractivity contribution is 0.367. The van der Waals surface area contributed by atoms with Gasteiger partial charge >= 0.3 is 0 Å². The maximum atomic E-state index is 3.75. The van der Waals surface area contributed by atoms with Crippen molar-refractivity contribution in [2.75, 3.05) is 49.5 Å². The zero-order chi connectivity index (χ0) is 21.1. The van der Waals surface area contributed by atoms with Crippen molar-refractivity contribution in [3.05, 3.63) is 52.2 Å². The molecule has 0 radical (unpaired) electrons. The van der Waals surface area contributed by atoms with E-state index in [2.05, 4.69) is 76.1 Å². The normalized spacial score (nSPS) is 22.5. The highest BCUT2D eigenvalue weighted by Gasteiger charge is 2.33. The van der Waals surface area contributed by atoms with E-state index in [1.165, 1.54) is 33.9 Å². The third-order valence-electron chi connectivity index (χ3n) is 6.29. The van der Waals surface area contributed by atoms with Gasteiger partial charge in [-0.05, 0) is 47.1 Å². The third kappa shape index (κ3) is 4.37. The molecule has 0 saturated carbocycles. The average Bonchev–Trinajstić information content (AvgIpc) is 3.41. The van der Waals surface area contributed by atoms with Crippen molar-refractivity contribution in [3.63, 3.8) is 0 Å². The fourth-order valence-electron chi connectivity index (χ4n) is 4.63. The fraction of sp³-hybridized carbons (Fsp3) is 0.520. The molecule has 5 rings (SSSR count). The molecule has 0 bridgehead atoms. The summed E-state index contributed by atoms with van der Waals surface area (Å²) in [5, 5.41) is 9.39. The second kappa shape index (κ2) is 9.03. The molecule has 2 fully saturated rings. The topological polar surface area (TPSA) is 30.5 Å². The van der Waals surface area contributed by atoms with Gasteiger partial charge < -0.3 is 20.4 Å². The minimum atomic E-state index is 0.234. The zero-order valence-electron chi connectivity index (χ0n) is 18.9. The van der Waals surface area contributed by atoms with Gasteiger partial charge in [0.2, 0.25) is 0 Å². The number of anilines is 2. The second-order valence-corrected chi connectivity index (χ2v) is 9.92. The lowest BCUT2D eigenvalue weighted by Crippen LogP contribution is -2.43. The van der Waals surface area contributed by atoms with Gasteiger partial charge in [-0.3, -0.25) is 0 Å². The van der Waals surface area contributed by atoms with Gasteiger partial charge in [-0.2, -0.15) is 0 Å². The van der Waals surface area contributed by atoms with E-state index in [9.17, 15) is 0 Å². The molecule has 30 heavy (non-hydrogen) atoms. The molecular weight excluding hydrogens is 388 g/mol. The van der Waals surface area contributed by atoms with Crippen LogP contribution in [0.1, 0.15) is 50.6 Å². The summed E-state index contributed by atoms with van der Waals surface area (Å²) in [6.45, 7) is 15.4. The van der Waals surface area contributed by atoms with Crippen LogP contribution >= 0.6 is 11.3 Å². The molecular formula is C25H36N4S. The Morgan fingerprint density at radius 3 is 2.37 bits per heavy atom. The van der Waals surface area contributed by atoms with Crippen LogP contribution in [0.25, 0.3) is 5.70 Å². The molecule has 4 nitrogen and oxygen atoms in total. The Labute approximate surface area is 186 Å². The van der Waals surface area contributed by atoms with Crippen LogP contribution < -0.4 is 15.5 Å². The molecule has 1 aromatic heterocycles. The highest BCUT2D eigenvalue weighted by Crippen LogP contribution is 2.43. The molecule has 1 atom stereocenters. The predicted octanol–water partition coefficient (Wildman–Crippen LogP) is 5.42. The van der Waals surface area contributed by atoms with Gasteiger partial charge in [0.15, 0.2) is 0 Å². The lowest BCUT2D eigenvalue weighted by Gasteiger charge is -2.32. The summed E-state index contributed by atoms with van der Waals surface area (Å²) in [4.78, 5) is 6.46. The van der Waals surface area contributed by atoms with Crippen LogP contribution in [0.3, 0.4) is 0 Å². The Hall–Kier alpha value is -1.98. The van der Waals surface area contributed by atoms with Crippen LogP contribution in [0, 0.1) is 5.41 Å². The molecule has 0 spiro atoms. The lowest BCUT2D eigenvalue weighted by atomic mass is 9.93. The van der Waals surface area contributed by atoms with Crippen LogP contribution in [0.2, 0.25) is 0 Å². The summed E-state index contributed by atoms with van der Waals surface area (Å²) in [7, 11) is 0. The maximum Gasteiger partial charge on any atom is 0.0733 e. The molecule has 0 amide bonds. The molecule has 1 unspecified atom stereocenters. The summed E-state index contributed by atoms with van der Waals surface area (Å²) >= 11 is 1.85.